The molecule has 0 fully saturated rings. The van der Waals surface area contributed by atoms with Crippen LogP contribution in [0.4, 0.5) is 10.1 Å². The third-order valence-electron chi connectivity index (χ3n) is 3.70. The molecule has 0 aliphatic rings. The lowest BCUT2D eigenvalue weighted by molar-refractivity contribution is -0.130. The Morgan fingerprint density at radius 3 is 2.54 bits per heavy atom. The molecule has 0 spiro atoms. The van der Waals surface area contributed by atoms with Gasteiger partial charge < -0.3 is 10.2 Å². The summed E-state index contributed by atoms with van der Waals surface area (Å²) in [7, 11) is 0. The third kappa shape index (κ3) is 5.81. The Bertz CT molecular complexity index is 806. The molecule has 0 aliphatic carbocycles. The number of carbonyl (C=O) groups is 2. The summed E-state index contributed by atoms with van der Waals surface area (Å²) in [5.41, 5.74) is 1.93. The molecule has 0 radical (unpaired) electrons. The van der Waals surface area contributed by atoms with Crippen molar-refractivity contribution >= 4 is 33.4 Å². The summed E-state index contributed by atoms with van der Waals surface area (Å²) in [6.07, 6.45) is 1.80. The van der Waals surface area contributed by atoms with E-state index in [0.717, 1.165) is 10.0 Å². The number of hydrogen-bond acceptors (Lipinski definition) is 2. The maximum Gasteiger partial charge on any atom is 0.227 e. The number of rotatable bonds is 7. The highest BCUT2D eigenvalue weighted by molar-refractivity contribution is 9.10. The van der Waals surface area contributed by atoms with Gasteiger partial charge in [0, 0.05) is 35.7 Å². The molecule has 136 valence electrons. The smallest absolute Gasteiger partial charge is 0.227 e. The van der Waals surface area contributed by atoms with E-state index in [-0.39, 0.29) is 30.6 Å². The van der Waals surface area contributed by atoms with E-state index in [1.165, 1.54) is 13.0 Å². The van der Waals surface area contributed by atoms with Gasteiger partial charge in [-0.05, 0) is 35.9 Å². The number of hydrogen-bond donors (Lipinski definition) is 1. The maximum absolute atomic E-state index is 14.0. The van der Waals surface area contributed by atoms with Crippen molar-refractivity contribution in [1.29, 1.82) is 0 Å². The molecule has 2 aromatic rings. The minimum absolute atomic E-state index is 0.128. The van der Waals surface area contributed by atoms with Crippen LogP contribution in [0.5, 0.6) is 0 Å². The molecule has 0 aliphatic heterocycles. The molecule has 0 unspecified atom stereocenters. The van der Waals surface area contributed by atoms with Crippen molar-refractivity contribution in [3.8, 4) is 0 Å². The largest absolute Gasteiger partial charge is 0.334 e. The first-order valence-electron chi connectivity index (χ1n) is 8.08. The van der Waals surface area contributed by atoms with Gasteiger partial charge in [0.05, 0.1) is 6.42 Å². The maximum atomic E-state index is 14.0. The number of nitrogens with one attached hydrogen (secondary N) is 1. The molecule has 0 aromatic heterocycles. The lowest BCUT2D eigenvalue weighted by Gasteiger charge is -2.22. The monoisotopic (exact) mass is 418 g/mol. The first-order chi connectivity index (χ1) is 12.4. The van der Waals surface area contributed by atoms with Crippen molar-refractivity contribution in [2.45, 2.75) is 19.9 Å². The van der Waals surface area contributed by atoms with Gasteiger partial charge >= 0.3 is 0 Å². The van der Waals surface area contributed by atoms with E-state index in [0.29, 0.717) is 17.8 Å². The molecule has 2 rings (SSSR count). The number of benzene rings is 2. The van der Waals surface area contributed by atoms with E-state index in [1.54, 1.807) is 47.4 Å². The van der Waals surface area contributed by atoms with Crippen LogP contribution < -0.4 is 5.32 Å². The molecule has 6 heteroatoms. The highest BCUT2D eigenvalue weighted by atomic mass is 79.9. The molecular weight excluding hydrogens is 399 g/mol. The van der Waals surface area contributed by atoms with Crippen LogP contribution in [-0.2, 0) is 22.6 Å². The SMILES string of the molecule is C=CCN(Cc1cc(Br)ccc1F)C(=O)Cc1ccc(NC(C)=O)cc1. The number of nitrogens with zero attached hydrogens (tertiary/aromatic N) is 1. The Hall–Kier alpha value is -2.47. The molecule has 4 nitrogen and oxygen atoms in total. The number of halogens is 2. The van der Waals surface area contributed by atoms with Crippen molar-refractivity contribution in [3.63, 3.8) is 0 Å². The van der Waals surface area contributed by atoms with Gasteiger partial charge in [0.1, 0.15) is 5.82 Å². The topological polar surface area (TPSA) is 49.4 Å². The van der Waals surface area contributed by atoms with Gasteiger partial charge in [0.15, 0.2) is 0 Å². The highest BCUT2D eigenvalue weighted by Gasteiger charge is 2.15. The van der Waals surface area contributed by atoms with Crippen LogP contribution in [-0.4, -0.2) is 23.3 Å². The van der Waals surface area contributed by atoms with E-state index >= 15 is 0 Å². The fourth-order valence-corrected chi connectivity index (χ4v) is 2.88. The van der Waals surface area contributed by atoms with Crippen LogP contribution in [0.15, 0.2) is 59.6 Å². The van der Waals surface area contributed by atoms with Crippen LogP contribution in [0.1, 0.15) is 18.1 Å². The van der Waals surface area contributed by atoms with Crippen molar-refractivity contribution in [2.75, 3.05) is 11.9 Å². The van der Waals surface area contributed by atoms with E-state index in [1.807, 2.05) is 0 Å². The Morgan fingerprint density at radius 1 is 1.23 bits per heavy atom. The molecule has 2 amide bonds. The van der Waals surface area contributed by atoms with E-state index in [4.69, 9.17) is 0 Å². The first-order valence-corrected chi connectivity index (χ1v) is 8.87. The Kier molecular flexibility index (Phi) is 7.09. The molecule has 0 heterocycles. The summed E-state index contributed by atoms with van der Waals surface area (Å²) >= 11 is 3.32. The zero-order chi connectivity index (χ0) is 19.1. The zero-order valence-electron chi connectivity index (χ0n) is 14.5. The van der Waals surface area contributed by atoms with Crippen LogP contribution in [0.3, 0.4) is 0 Å². The average molecular weight is 419 g/mol. The third-order valence-corrected chi connectivity index (χ3v) is 4.19. The summed E-state index contributed by atoms with van der Waals surface area (Å²) < 4.78 is 14.7. The summed E-state index contributed by atoms with van der Waals surface area (Å²) in [5.74, 6) is -0.631. The van der Waals surface area contributed by atoms with Crippen LogP contribution in [0.2, 0.25) is 0 Å². The molecule has 2 aromatic carbocycles. The predicted octanol–water partition coefficient (Wildman–Crippen LogP) is 4.30. The number of amides is 2. The van der Waals surface area contributed by atoms with Gasteiger partial charge in [-0.2, -0.15) is 0 Å². The van der Waals surface area contributed by atoms with Crippen molar-refractivity contribution in [2.24, 2.45) is 0 Å². The van der Waals surface area contributed by atoms with Gasteiger partial charge in [0.2, 0.25) is 11.8 Å². The van der Waals surface area contributed by atoms with Crippen molar-refractivity contribution in [3.05, 3.63) is 76.5 Å². The molecule has 0 atom stereocenters. The standard InChI is InChI=1S/C20H20BrFN2O2/c1-3-10-24(13-16-12-17(21)6-9-19(16)22)20(26)11-15-4-7-18(8-5-15)23-14(2)25/h3-9,12H,1,10-11,13H2,2H3,(H,23,25). The minimum Gasteiger partial charge on any atom is -0.334 e. The Balaban J connectivity index is 2.09. The van der Waals surface area contributed by atoms with Crippen LogP contribution >= 0.6 is 15.9 Å². The average Bonchev–Trinajstić information content (AvgIpc) is 2.59. The summed E-state index contributed by atoms with van der Waals surface area (Å²) in [6, 6.07) is 11.7. The normalized spacial score (nSPS) is 10.3. The summed E-state index contributed by atoms with van der Waals surface area (Å²) in [6.45, 7) is 5.60. The van der Waals surface area contributed by atoms with E-state index in [9.17, 15) is 14.0 Å². The first kappa shape index (κ1) is 19.8. The molecule has 26 heavy (non-hydrogen) atoms. The summed E-state index contributed by atoms with van der Waals surface area (Å²) in [4.78, 5) is 25.2. The summed E-state index contributed by atoms with van der Waals surface area (Å²) in [5, 5.41) is 2.68. The van der Waals surface area contributed by atoms with Gasteiger partial charge in [-0.25, -0.2) is 4.39 Å². The van der Waals surface area contributed by atoms with Gasteiger partial charge in [0.25, 0.3) is 0 Å². The molecule has 0 bridgehead atoms. The lowest BCUT2D eigenvalue weighted by Crippen LogP contribution is -2.32. The highest BCUT2D eigenvalue weighted by Crippen LogP contribution is 2.18. The van der Waals surface area contributed by atoms with Crippen molar-refractivity contribution in [1.82, 2.24) is 4.90 Å². The van der Waals surface area contributed by atoms with Gasteiger partial charge in [-0.15, -0.1) is 6.58 Å². The fourth-order valence-electron chi connectivity index (χ4n) is 2.48. The second-order valence-electron chi connectivity index (χ2n) is 5.85. The van der Waals surface area contributed by atoms with Crippen LogP contribution in [0.25, 0.3) is 0 Å². The van der Waals surface area contributed by atoms with E-state index in [2.05, 4.69) is 27.8 Å². The second kappa shape index (κ2) is 9.29. The van der Waals surface area contributed by atoms with Crippen LogP contribution in [0, 0.1) is 5.82 Å². The van der Waals surface area contributed by atoms with Gasteiger partial charge in [-0.1, -0.05) is 34.1 Å². The Morgan fingerprint density at radius 2 is 1.92 bits per heavy atom. The quantitative estimate of drug-likeness (QED) is 0.681. The van der Waals surface area contributed by atoms with Gasteiger partial charge in [-0.3, -0.25) is 9.59 Å². The second-order valence-corrected chi connectivity index (χ2v) is 6.77. The molecular formula is C20H20BrFN2O2. The minimum atomic E-state index is -0.352. The lowest BCUT2D eigenvalue weighted by atomic mass is 10.1. The molecule has 1 N–H and O–H groups in total. The number of anilines is 1. The zero-order valence-corrected chi connectivity index (χ0v) is 16.1. The van der Waals surface area contributed by atoms with E-state index < -0.39 is 0 Å². The fraction of sp³-hybridized carbons (Fsp3) is 0.200. The Labute approximate surface area is 160 Å². The molecule has 0 saturated carbocycles. The predicted molar refractivity (Wildman–Crippen MR) is 104 cm³/mol. The molecule has 0 saturated heterocycles. The number of carbonyl (C=O) groups excluding carboxylic acids is 2. The van der Waals surface area contributed by atoms with Crippen molar-refractivity contribution < 1.29 is 14.0 Å².